The Morgan fingerprint density at radius 3 is 2.36 bits per heavy atom. The summed E-state index contributed by atoms with van der Waals surface area (Å²) in [7, 11) is 0. The molecule has 4 nitrogen and oxygen atoms in total. The van der Waals surface area contributed by atoms with E-state index < -0.39 is 5.60 Å². The van der Waals surface area contributed by atoms with E-state index in [1.807, 2.05) is 6.08 Å². The summed E-state index contributed by atoms with van der Waals surface area (Å²) in [4.78, 5) is 11.7. The van der Waals surface area contributed by atoms with Crippen molar-refractivity contribution in [1.82, 2.24) is 0 Å². The first-order valence-corrected chi connectivity index (χ1v) is 9.31. The van der Waals surface area contributed by atoms with Crippen molar-refractivity contribution < 1.29 is 19.7 Å². The average molecular weight is 353 g/mol. The van der Waals surface area contributed by atoms with Crippen LogP contribution >= 0.6 is 0 Å². The highest BCUT2D eigenvalue weighted by Crippen LogP contribution is 2.44. The van der Waals surface area contributed by atoms with E-state index in [1.54, 1.807) is 0 Å². The number of hydrogen-bond donors (Lipinski definition) is 2. The molecular weight excluding hydrogens is 316 g/mol. The van der Waals surface area contributed by atoms with E-state index in [4.69, 9.17) is 9.84 Å². The van der Waals surface area contributed by atoms with Gasteiger partial charge in [0, 0.05) is 25.9 Å². The maximum atomic E-state index is 11.7. The van der Waals surface area contributed by atoms with Gasteiger partial charge in [-0.05, 0) is 35.3 Å². The number of esters is 1. The predicted molar refractivity (Wildman–Crippen MR) is 101 cm³/mol. The predicted octanol–water partition coefficient (Wildman–Crippen LogP) is 4.16. The molecule has 0 fully saturated rings. The standard InChI is InChI=1S/C21H36O4/c1-19(2,3)17-13-16(14-21(24,15-17)20(4,5)6)9-7-10-18(23)25-12-8-11-22/h13,15,22,24H,7-12,14H2,1-6H3. The van der Waals surface area contributed by atoms with E-state index in [0.29, 0.717) is 25.7 Å². The molecule has 0 radical (unpaired) electrons. The van der Waals surface area contributed by atoms with Gasteiger partial charge in [-0.3, -0.25) is 4.79 Å². The number of rotatable bonds is 7. The smallest absolute Gasteiger partial charge is 0.305 e. The lowest BCUT2D eigenvalue weighted by molar-refractivity contribution is -0.144. The van der Waals surface area contributed by atoms with Crippen molar-refractivity contribution in [2.45, 2.75) is 79.2 Å². The number of hydrogen-bond acceptors (Lipinski definition) is 4. The van der Waals surface area contributed by atoms with E-state index in [9.17, 15) is 9.90 Å². The lowest BCUT2D eigenvalue weighted by Crippen LogP contribution is -2.43. The fraction of sp³-hybridized carbons (Fsp3) is 0.762. The molecule has 0 heterocycles. The Kier molecular flexibility index (Phi) is 7.45. The third-order valence-electron chi connectivity index (χ3n) is 4.86. The molecule has 1 aliphatic rings. The first kappa shape index (κ1) is 21.9. The molecular formula is C21H36O4. The first-order chi connectivity index (χ1) is 11.4. The van der Waals surface area contributed by atoms with Crippen molar-refractivity contribution in [2.75, 3.05) is 13.2 Å². The van der Waals surface area contributed by atoms with Gasteiger partial charge in [0.05, 0.1) is 12.2 Å². The van der Waals surface area contributed by atoms with Crippen LogP contribution in [0, 0.1) is 10.8 Å². The highest BCUT2D eigenvalue weighted by molar-refractivity contribution is 5.69. The Labute approximate surface area is 153 Å². The quantitative estimate of drug-likeness (QED) is 0.533. The van der Waals surface area contributed by atoms with Crippen LogP contribution in [0.5, 0.6) is 0 Å². The summed E-state index contributed by atoms with van der Waals surface area (Å²) in [5, 5.41) is 19.9. The molecule has 25 heavy (non-hydrogen) atoms. The molecule has 1 rings (SSSR count). The van der Waals surface area contributed by atoms with Gasteiger partial charge < -0.3 is 14.9 Å². The molecule has 0 saturated heterocycles. The van der Waals surface area contributed by atoms with Crippen molar-refractivity contribution in [3.8, 4) is 0 Å². The van der Waals surface area contributed by atoms with Gasteiger partial charge >= 0.3 is 5.97 Å². The van der Waals surface area contributed by atoms with Gasteiger partial charge in [-0.1, -0.05) is 53.2 Å². The molecule has 1 atom stereocenters. The van der Waals surface area contributed by atoms with Gasteiger partial charge in [0.15, 0.2) is 0 Å². The normalized spacial score (nSPS) is 21.6. The largest absolute Gasteiger partial charge is 0.466 e. The second-order valence-corrected chi connectivity index (χ2v) is 9.15. The maximum absolute atomic E-state index is 11.7. The van der Waals surface area contributed by atoms with Crippen molar-refractivity contribution in [2.24, 2.45) is 10.8 Å². The van der Waals surface area contributed by atoms with E-state index >= 15 is 0 Å². The molecule has 0 aliphatic heterocycles. The summed E-state index contributed by atoms with van der Waals surface area (Å²) in [5.74, 6) is -0.220. The van der Waals surface area contributed by atoms with Crippen LogP contribution < -0.4 is 0 Å². The first-order valence-electron chi connectivity index (χ1n) is 9.31. The molecule has 0 aromatic carbocycles. The number of aliphatic hydroxyl groups excluding tert-OH is 1. The summed E-state index contributed by atoms with van der Waals surface area (Å²) in [6.45, 7) is 13.0. The summed E-state index contributed by atoms with van der Waals surface area (Å²) in [6, 6.07) is 0. The molecule has 144 valence electrons. The second kappa shape index (κ2) is 8.50. The zero-order valence-corrected chi connectivity index (χ0v) is 16.8. The van der Waals surface area contributed by atoms with Gasteiger partial charge in [0.25, 0.3) is 0 Å². The molecule has 1 unspecified atom stereocenters. The molecule has 0 saturated carbocycles. The van der Waals surface area contributed by atoms with Gasteiger partial charge in [-0.2, -0.15) is 0 Å². The van der Waals surface area contributed by atoms with Crippen molar-refractivity contribution in [3.63, 3.8) is 0 Å². The zero-order chi connectivity index (χ0) is 19.3. The van der Waals surface area contributed by atoms with Crippen LogP contribution in [0.25, 0.3) is 0 Å². The lowest BCUT2D eigenvalue weighted by atomic mass is 9.67. The molecule has 2 N–H and O–H groups in total. The third kappa shape index (κ3) is 6.59. The molecule has 0 amide bonds. The van der Waals surface area contributed by atoms with Gasteiger partial charge in [-0.15, -0.1) is 0 Å². The SMILES string of the molecule is CC(C)(C)C1=CC(O)(C(C)(C)C)CC(CCCC(=O)OCCCO)=C1. The minimum absolute atomic E-state index is 0.0336. The van der Waals surface area contributed by atoms with Crippen LogP contribution in [0.2, 0.25) is 0 Å². The zero-order valence-electron chi connectivity index (χ0n) is 16.8. The molecule has 1 aliphatic carbocycles. The topological polar surface area (TPSA) is 66.8 Å². The molecule has 0 aromatic rings. The van der Waals surface area contributed by atoms with E-state index in [1.165, 1.54) is 5.57 Å². The molecule has 0 aromatic heterocycles. The summed E-state index contributed by atoms with van der Waals surface area (Å²) >= 11 is 0. The van der Waals surface area contributed by atoms with E-state index in [-0.39, 0.29) is 30.0 Å². The van der Waals surface area contributed by atoms with Crippen LogP contribution in [-0.2, 0) is 9.53 Å². The monoisotopic (exact) mass is 352 g/mol. The van der Waals surface area contributed by atoms with Gasteiger partial charge in [-0.25, -0.2) is 0 Å². The fourth-order valence-corrected chi connectivity index (χ4v) is 2.82. The van der Waals surface area contributed by atoms with E-state index in [0.717, 1.165) is 12.0 Å². The Bertz CT molecular complexity index is 517. The van der Waals surface area contributed by atoms with Crippen LogP contribution in [0.15, 0.2) is 23.3 Å². The highest BCUT2D eigenvalue weighted by Gasteiger charge is 2.41. The summed E-state index contributed by atoms with van der Waals surface area (Å²) in [5.41, 5.74) is 1.17. The Morgan fingerprint density at radius 1 is 1.20 bits per heavy atom. The molecule has 0 bridgehead atoms. The number of aliphatic hydroxyl groups is 2. The number of carbonyl (C=O) groups excluding carboxylic acids is 1. The lowest BCUT2D eigenvalue weighted by Gasteiger charge is -2.43. The van der Waals surface area contributed by atoms with Crippen molar-refractivity contribution >= 4 is 5.97 Å². The Morgan fingerprint density at radius 2 is 1.84 bits per heavy atom. The number of carbonyl (C=O) groups is 1. The van der Waals surface area contributed by atoms with Crippen molar-refractivity contribution in [1.29, 1.82) is 0 Å². The average Bonchev–Trinajstić information content (AvgIpc) is 2.45. The highest BCUT2D eigenvalue weighted by atomic mass is 16.5. The summed E-state index contributed by atoms with van der Waals surface area (Å²) in [6.07, 6.45) is 7.16. The summed E-state index contributed by atoms with van der Waals surface area (Å²) < 4.78 is 5.06. The molecule has 0 spiro atoms. The van der Waals surface area contributed by atoms with Crippen LogP contribution in [0.4, 0.5) is 0 Å². The third-order valence-corrected chi connectivity index (χ3v) is 4.86. The number of ether oxygens (including phenoxy) is 1. The minimum atomic E-state index is -0.874. The van der Waals surface area contributed by atoms with Crippen LogP contribution in [0.3, 0.4) is 0 Å². The van der Waals surface area contributed by atoms with Crippen molar-refractivity contribution in [3.05, 3.63) is 23.3 Å². The Hall–Kier alpha value is -1.13. The van der Waals surface area contributed by atoms with Gasteiger partial charge in [0.1, 0.15) is 0 Å². The van der Waals surface area contributed by atoms with E-state index in [2.05, 4.69) is 47.6 Å². The fourth-order valence-electron chi connectivity index (χ4n) is 2.82. The number of allylic oxidation sites excluding steroid dienone is 2. The van der Waals surface area contributed by atoms with Crippen LogP contribution in [0.1, 0.15) is 73.6 Å². The maximum Gasteiger partial charge on any atom is 0.305 e. The Balaban J connectivity index is 2.74. The second-order valence-electron chi connectivity index (χ2n) is 9.15. The van der Waals surface area contributed by atoms with Gasteiger partial charge in [0.2, 0.25) is 0 Å². The minimum Gasteiger partial charge on any atom is -0.466 e. The molecule has 4 heteroatoms. The van der Waals surface area contributed by atoms with Crippen LogP contribution in [-0.4, -0.2) is 35.0 Å².